The topological polar surface area (TPSA) is 57.4 Å². The first-order chi connectivity index (χ1) is 25.4. The van der Waals surface area contributed by atoms with E-state index in [9.17, 15) is 23.7 Å². The second-order valence-electron chi connectivity index (χ2n) is 12.7. The van der Waals surface area contributed by atoms with Crippen LogP contribution in [-0.4, -0.2) is 9.13 Å². The Hall–Kier alpha value is -7.09. The summed E-state index contributed by atoms with van der Waals surface area (Å²) in [4.78, 5) is 0. The van der Waals surface area contributed by atoms with E-state index in [4.69, 9.17) is 0 Å². The zero-order chi connectivity index (χ0) is 35.6. The lowest BCUT2D eigenvalue weighted by molar-refractivity contribution is -0.137. The van der Waals surface area contributed by atoms with Crippen molar-refractivity contribution in [3.05, 3.63) is 168 Å². The van der Waals surface area contributed by atoms with Gasteiger partial charge in [0.2, 0.25) is 0 Å². The molecule has 7 aromatic carbocycles. The van der Waals surface area contributed by atoms with Gasteiger partial charge >= 0.3 is 6.18 Å². The van der Waals surface area contributed by atoms with E-state index in [0.29, 0.717) is 11.0 Å². The second-order valence-corrected chi connectivity index (χ2v) is 12.7. The summed E-state index contributed by atoms with van der Waals surface area (Å²) in [7, 11) is 0. The van der Waals surface area contributed by atoms with Crippen molar-refractivity contribution in [2.45, 2.75) is 6.18 Å². The summed E-state index contributed by atoms with van der Waals surface area (Å²) in [6.45, 7) is 0. The molecule has 2 aromatic heterocycles. The standard InChI is InChI=1S/C45H25F3N4/c46-45(47,48)34-23-32(26-49)44(33(24-34)27-50)52-39-16-7-5-14-37(39)43-41(52)22-21-40-42(43)36-13-4-6-15-38(36)51(40)35-12-8-11-31(25-35)30-19-17-29(18-20-30)28-9-2-1-3-10-28/h1-25H. The van der Waals surface area contributed by atoms with Gasteiger partial charge in [-0.2, -0.15) is 23.7 Å². The fourth-order valence-electron chi connectivity index (χ4n) is 7.56. The molecule has 0 bridgehead atoms. The van der Waals surface area contributed by atoms with Crippen LogP contribution in [0.5, 0.6) is 0 Å². The smallest absolute Gasteiger partial charge is 0.309 e. The van der Waals surface area contributed by atoms with Gasteiger partial charge in [0.1, 0.15) is 12.1 Å². The number of halogens is 3. The Morgan fingerprint density at radius 2 is 0.923 bits per heavy atom. The first-order valence-corrected chi connectivity index (χ1v) is 16.6. The second kappa shape index (κ2) is 11.8. The fraction of sp³-hybridized carbons (Fsp3) is 0.0222. The number of para-hydroxylation sites is 2. The van der Waals surface area contributed by atoms with Crippen LogP contribution in [-0.2, 0) is 6.18 Å². The summed E-state index contributed by atoms with van der Waals surface area (Å²) in [6.07, 6.45) is -4.71. The number of benzene rings is 7. The van der Waals surface area contributed by atoms with E-state index in [1.807, 2.05) is 78.9 Å². The molecule has 0 amide bonds. The Morgan fingerprint density at radius 1 is 0.442 bits per heavy atom. The van der Waals surface area contributed by atoms with Gasteiger partial charge in [0.05, 0.1) is 44.4 Å². The highest BCUT2D eigenvalue weighted by Gasteiger charge is 2.33. The van der Waals surface area contributed by atoms with Gasteiger partial charge in [-0.1, -0.05) is 103 Å². The molecule has 0 unspecified atom stereocenters. The molecular weight excluding hydrogens is 654 g/mol. The van der Waals surface area contributed by atoms with E-state index in [1.165, 1.54) is 0 Å². The lowest BCUT2D eigenvalue weighted by atomic mass is 10.00. The third-order valence-corrected chi connectivity index (χ3v) is 9.80. The molecule has 0 aliphatic heterocycles. The van der Waals surface area contributed by atoms with Gasteiger partial charge in [0.15, 0.2) is 0 Å². The summed E-state index contributed by atoms with van der Waals surface area (Å²) in [6, 6.07) is 52.5. The van der Waals surface area contributed by atoms with Crippen molar-refractivity contribution in [3.63, 3.8) is 0 Å². The molecule has 0 fully saturated rings. The number of hydrogen-bond donors (Lipinski definition) is 0. The quantitative estimate of drug-likeness (QED) is 0.186. The van der Waals surface area contributed by atoms with E-state index in [2.05, 4.69) is 77.4 Å². The minimum Gasteiger partial charge on any atom is -0.309 e. The summed E-state index contributed by atoms with van der Waals surface area (Å²) >= 11 is 0. The number of hydrogen-bond acceptors (Lipinski definition) is 2. The molecule has 0 saturated heterocycles. The predicted molar refractivity (Wildman–Crippen MR) is 200 cm³/mol. The molecule has 7 heteroatoms. The summed E-state index contributed by atoms with van der Waals surface area (Å²) in [5.74, 6) is 0. The zero-order valence-electron chi connectivity index (χ0n) is 27.4. The summed E-state index contributed by atoms with van der Waals surface area (Å²) < 4.78 is 45.5. The monoisotopic (exact) mass is 678 g/mol. The van der Waals surface area contributed by atoms with Crippen molar-refractivity contribution in [2.75, 3.05) is 0 Å². The van der Waals surface area contributed by atoms with Crippen LogP contribution in [0.2, 0.25) is 0 Å². The van der Waals surface area contributed by atoms with E-state index in [0.717, 1.165) is 72.7 Å². The minimum absolute atomic E-state index is 0.123. The molecule has 0 saturated carbocycles. The molecule has 9 aromatic rings. The van der Waals surface area contributed by atoms with Crippen LogP contribution in [0.4, 0.5) is 13.2 Å². The fourth-order valence-corrected chi connectivity index (χ4v) is 7.56. The molecule has 0 spiro atoms. The Bertz CT molecular complexity index is 2920. The molecule has 52 heavy (non-hydrogen) atoms. The van der Waals surface area contributed by atoms with Crippen LogP contribution in [0.3, 0.4) is 0 Å². The lowest BCUT2D eigenvalue weighted by Gasteiger charge is -2.15. The van der Waals surface area contributed by atoms with E-state index < -0.39 is 11.7 Å². The Morgan fingerprint density at radius 3 is 1.50 bits per heavy atom. The first-order valence-electron chi connectivity index (χ1n) is 16.6. The molecule has 4 nitrogen and oxygen atoms in total. The van der Waals surface area contributed by atoms with Crippen LogP contribution in [0.15, 0.2) is 152 Å². The molecule has 0 aliphatic carbocycles. The molecule has 0 aliphatic rings. The first kappa shape index (κ1) is 30.9. The third kappa shape index (κ3) is 4.75. The average molecular weight is 679 g/mol. The zero-order valence-corrected chi connectivity index (χ0v) is 27.4. The van der Waals surface area contributed by atoms with Gasteiger partial charge in [-0.3, -0.25) is 0 Å². The van der Waals surface area contributed by atoms with Gasteiger partial charge in [-0.25, -0.2) is 0 Å². The van der Waals surface area contributed by atoms with Crippen molar-refractivity contribution in [1.29, 1.82) is 10.5 Å². The number of nitriles is 2. The van der Waals surface area contributed by atoms with Gasteiger partial charge in [0.25, 0.3) is 0 Å². The van der Waals surface area contributed by atoms with Gasteiger partial charge < -0.3 is 9.13 Å². The largest absolute Gasteiger partial charge is 0.416 e. The molecule has 0 radical (unpaired) electrons. The van der Waals surface area contributed by atoms with Gasteiger partial charge in [-0.15, -0.1) is 0 Å². The van der Waals surface area contributed by atoms with Crippen LogP contribution < -0.4 is 0 Å². The number of nitrogens with zero attached hydrogens (tertiary/aromatic N) is 4. The summed E-state index contributed by atoms with van der Waals surface area (Å²) in [5.41, 5.74) is 7.34. The highest BCUT2D eigenvalue weighted by Crippen LogP contribution is 2.44. The SMILES string of the molecule is N#Cc1cc(C(F)(F)F)cc(C#N)c1-n1c2ccccc2c2c3c4ccccc4n(-c4cccc(-c5ccc(-c6ccccc6)cc5)c4)c3ccc21. The van der Waals surface area contributed by atoms with Crippen molar-refractivity contribution in [2.24, 2.45) is 0 Å². The lowest BCUT2D eigenvalue weighted by Crippen LogP contribution is -2.09. The van der Waals surface area contributed by atoms with E-state index >= 15 is 0 Å². The van der Waals surface area contributed by atoms with E-state index in [1.54, 1.807) is 4.57 Å². The number of fused-ring (bicyclic) bond motifs is 7. The molecule has 2 heterocycles. The Balaban J connectivity index is 1.29. The Labute approximate surface area is 296 Å². The van der Waals surface area contributed by atoms with Crippen LogP contribution in [0, 0.1) is 22.7 Å². The maximum Gasteiger partial charge on any atom is 0.416 e. The average Bonchev–Trinajstić information content (AvgIpc) is 3.70. The van der Waals surface area contributed by atoms with Crippen molar-refractivity contribution in [3.8, 4) is 45.8 Å². The number of rotatable bonds is 4. The number of alkyl halides is 3. The number of aromatic nitrogens is 2. The van der Waals surface area contributed by atoms with Crippen LogP contribution >= 0.6 is 0 Å². The molecule has 0 N–H and O–H groups in total. The van der Waals surface area contributed by atoms with Crippen LogP contribution in [0.1, 0.15) is 16.7 Å². The highest BCUT2D eigenvalue weighted by molar-refractivity contribution is 6.29. The maximum absolute atomic E-state index is 13.8. The third-order valence-electron chi connectivity index (χ3n) is 9.80. The van der Waals surface area contributed by atoms with Crippen molar-refractivity contribution in [1.82, 2.24) is 9.13 Å². The Kier molecular flexibility index (Phi) is 7.00. The predicted octanol–water partition coefficient (Wildman–Crippen LogP) is 12.0. The van der Waals surface area contributed by atoms with Gasteiger partial charge in [-0.05, 0) is 70.8 Å². The van der Waals surface area contributed by atoms with Gasteiger partial charge in [0, 0.05) is 27.2 Å². The maximum atomic E-state index is 13.8. The minimum atomic E-state index is -4.71. The van der Waals surface area contributed by atoms with Crippen LogP contribution in [0.25, 0.3) is 77.2 Å². The molecule has 246 valence electrons. The van der Waals surface area contributed by atoms with Crippen molar-refractivity contribution < 1.29 is 13.2 Å². The van der Waals surface area contributed by atoms with E-state index in [-0.39, 0.29) is 16.8 Å². The normalized spacial score (nSPS) is 11.7. The molecule has 0 atom stereocenters. The van der Waals surface area contributed by atoms with Crippen molar-refractivity contribution >= 4 is 43.6 Å². The molecule has 9 rings (SSSR count). The highest BCUT2D eigenvalue weighted by atomic mass is 19.4. The summed E-state index contributed by atoms with van der Waals surface area (Å²) in [5, 5.41) is 24.0. The molecular formula is C45H25F3N4.